The van der Waals surface area contributed by atoms with Crippen LogP contribution in [0.15, 0.2) is 47.8 Å². The molecule has 0 unspecified atom stereocenters. The number of anilines is 2. The molecule has 0 fully saturated rings. The van der Waals surface area contributed by atoms with Crippen molar-refractivity contribution in [3.8, 4) is 22.8 Å². The molecule has 1 N–H and O–H groups in total. The number of aromatic nitrogens is 1. The molecule has 0 aliphatic heterocycles. The molecule has 1 heterocycles. The van der Waals surface area contributed by atoms with Crippen molar-refractivity contribution in [2.24, 2.45) is 0 Å². The Labute approximate surface area is 166 Å². The van der Waals surface area contributed by atoms with Crippen LogP contribution < -0.4 is 14.8 Å². The molecular formula is C19H19BrN2O3S. The average Bonchev–Trinajstić information content (AvgIpc) is 3.09. The predicted molar refractivity (Wildman–Crippen MR) is 111 cm³/mol. The number of carbonyl (C=O) groups excluding carboxylic acids is 1. The number of methoxy groups -OCH3 is 2. The Morgan fingerprint density at radius 1 is 1.08 bits per heavy atom. The Balaban J connectivity index is 0.00000243. The first kappa shape index (κ1) is 19.9. The van der Waals surface area contributed by atoms with Crippen LogP contribution >= 0.6 is 28.3 Å². The van der Waals surface area contributed by atoms with Crippen LogP contribution in [-0.2, 0) is 0 Å². The molecule has 7 heteroatoms. The third-order valence-electron chi connectivity index (χ3n) is 3.70. The van der Waals surface area contributed by atoms with E-state index in [2.05, 4.69) is 10.3 Å². The van der Waals surface area contributed by atoms with E-state index in [1.54, 1.807) is 27.2 Å². The van der Waals surface area contributed by atoms with Gasteiger partial charge in [0, 0.05) is 22.2 Å². The van der Waals surface area contributed by atoms with Crippen LogP contribution in [0.5, 0.6) is 11.5 Å². The van der Waals surface area contributed by atoms with Crippen molar-refractivity contribution in [3.63, 3.8) is 0 Å². The van der Waals surface area contributed by atoms with Gasteiger partial charge in [-0.2, -0.15) is 0 Å². The van der Waals surface area contributed by atoms with Crippen molar-refractivity contribution in [3.05, 3.63) is 53.4 Å². The predicted octanol–water partition coefficient (Wildman–Crippen LogP) is 5.35. The molecule has 2 aromatic carbocycles. The first-order valence-electron chi connectivity index (χ1n) is 7.66. The summed E-state index contributed by atoms with van der Waals surface area (Å²) in [5.41, 5.74) is 3.29. The highest BCUT2D eigenvalue weighted by Gasteiger charge is 2.10. The largest absolute Gasteiger partial charge is 0.493 e. The zero-order chi connectivity index (χ0) is 17.8. The van der Waals surface area contributed by atoms with Gasteiger partial charge in [0.1, 0.15) is 0 Å². The van der Waals surface area contributed by atoms with Crippen molar-refractivity contribution in [1.82, 2.24) is 4.98 Å². The summed E-state index contributed by atoms with van der Waals surface area (Å²) in [5.74, 6) is 1.38. The molecule has 0 aliphatic carbocycles. The Morgan fingerprint density at radius 2 is 1.85 bits per heavy atom. The molecule has 26 heavy (non-hydrogen) atoms. The summed E-state index contributed by atoms with van der Waals surface area (Å²) in [6.45, 7) is 1.55. The third kappa shape index (κ3) is 4.42. The fourth-order valence-corrected chi connectivity index (χ4v) is 3.14. The summed E-state index contributed by atoms with van der Waals surface area (Å²) in [7, 11) is 3.22. The van der Waals surface area contributed by atoms with E-state index in [0.29, 0.717) is 17.1 Å². The summed E-state index contributed by atoms with van der Waals surface area (Å²) in [6, 6.07) is 13.1. The molecule has 1 aromatic heterocycles. The Bertz CT molecular complexity index is 911. The molecule has 3 aromatic rings. The lowest BCUT2D eigenvalue weighted by molar-refractivity contribution is 0.101. The number of carbonyl (C=O) groups is 1. The Kier molecular flexibility index (Phi) is 6.76. The van der Waals surface area contributed by atoms with Crippen LogP contribution in [0.1, 0.15) is 17.3 Å². The summed E-state index contributed by atoms with van der Waals surface area (Å²) in [5, 5.41) is 5.97. The molecule has 5 nitrogen and oxygen atoms in total. The van der Waals surface area contributed by atoms with Gasteiger partial charge in [0.15, 0.2) is 22.4 Å². The van der Waals surface area contributed by atoms with E-state index in [-0.39, 0.29) is 22.8 Å². The molecule has 136 valence electrons. The number of nitrogens with one attached hydrogen (secondary N) is 1. The van der Waals surface area contributed by atoms with Crippen molar-refractivity contribution in [2.45, 2.75) is 6.92 Å². The van der Waals surface area contributed by atoms with Gasteiger partial charge >= 0.3 is 0 Å². The van der Waals surface area contributed by atoms with Crippen molar-refractivity contribution >= 4 is 44.9 Å². The quantitative estimate of drug-likeness (QED) is 0.529. The molecule has 0 bridgehead atoms. The molecular weight excluding hydrogens is 416 g/mol. The number of hydrogen-bond acceptors (Lipinski definition) is 6. The molecule has 0 aliphatic rings. The topological polar surface area (TPSA) is 60.5 Å². The molecule has 0 atom stereocenters. The van der Waals surface area contributed by atoms with Gasteiger partial charge in [0.05, 0.1) is 19.9 Å². The van der Waals surface area contributed by atoms with Gasteiger partial charge in [0.25, 0.3) is 0 Å². The van der Waals surface area contributed by atoms with E-state index < -0.39 is 0 Å². The van der Waals surface area contributed by atoms with Crippen LogP contribution in [0.3, 0.4) is 0 Å². The van der Waals surface area contributed by atoms with Crippen LogP contribution in [0.2, 0.25) is 0 Å². The summed E-state index contributed by atoms with van der Waals surface area (Å²) < 4.78 is 10.6. The number of halogens is 1. The zero-order valence-corrected chi connectivity index (χ0v) is 17.1. The monoisotopic (exact) mass is 434 g/mol. The number of ketones is 1. The van der Waals surface area contributed by atoms with E-state index in [1.807, 2.05) is 41.8 Å². The van der Waals surface area contributed by atoms with E-state index in [1.165, 1.54) is 11.3 Å². The van der Waals surface area contributed by atoms with Gasteiger partial charge < -0.3 is 14.8 Å². The maximum atomic E-state index is 11.5. The average molecular weight is 435 g/mol. The molecule has 0 radical (unpaired) electrons. The third-order valence-corrected chi connectivity index (χ3v) is 4.46. The standard InChI is InChI=1S/C19H18N2O3S.BrH/c1-12(22)13-5-4-6-15(9-13)20-19-21-16(11-25-19)14-7-8-17(23-2)18(10-14)24-3;/h4-11H,1-3H3,(H,20,21);1H. The van der Waals surface area contributed by atoms with E-state index >= 15 is 0 Å². The van der Waals surface area contributed by atoms with Crippen LogP contribution in [0.25, 0.3) is 11.3 Å². The summed E-state index contributed by atoms with van der Waals surface area (Å²) in [6.07, 6.45) is 0. The fourth-order valence-electron chi connectivity index (χ4n) is 2.40. The minimum absolute atomic E-state index is 0. The second-order valence-electron chi connectivity index (χ2n) is 5.37. The normalized spacial score (nSPS) is 9.96. The van der Waals surface area contributed by atoms with Crippen molar-refractivity contribution in [1.29, 1.82) is 0 Å². The van der Waals surface area contributed by atoms with Crippen molar-refractivity contribution < 1.29 is 14.3 Å². The van der Waals surface area contributed by atoms with E-state index in [9.17, 15) is 4.79 Å². The Hall–Kier alpha value is -2.38. The Morgan fingerprint density at radius 3 is 2.54 bits per heavy atom. The second kappa shape index (κ2) is 8.82. The highest BCUT2D eigenvalue weighted by molar-refractivity contribution is 8.93. The molecule has 0 saturated heterocycles. The van der Waals surface area contributed by atoms with Crippen molar-refractivity contribution in [2.75, 3.05) is 19.5 Å². The highest BCUT2D eigenvalue weighted by atomic mass is 79.9. The minimum Gasteiger partial charge on any atom is -0.493 e. The summed E-state index contributed by atoms with van der Waals surface area (Å²) >= 11 is 1.50. The van der Waals surface area contributed by atoms with Gasteiger partial charge in [0.2, 0.25) is 0 Å². The lowest BCUT2D eigenvalue weighted by atomic mass is 10.1. The number of rotatable bonds is 6. The number of nitrogens with zero attached hydrogens (tertiary/aromatic N) is 1. The molecule has 0 saturated carbocycles. The number of benzene rings is 2. The number of hydrogen-bond donors (Lipinski definition) is 1. The second-order valence-corrected chi connectivity index (χ2v) is 6.23. The SMILES string of the molecule is Br.COc1ccc(-c2csc(Nc3cccc(C(C)=O)c3)n2)cc1OC. The first-order valence-corrected chi connectivity index (χ1v) is 8.54. The van der Waals surface area contributed by atoms with Crippen LogP contribution in [0.4, 0.5) is 10.8 Å². The van der Waals surface area contributed by atoms with Gasteiger partial charge in [-0.1, -0.05) is 12.1 Å². The molecule has 0 amide bonds. The molecule has 0 spiro atoms. The lowest BCUT2D eigenvalue weighted by Crippen LogP contribution is -1.95. The number of thiazole rings is 1. The first-order chi connectivity index (χ1) is 12.1. The highest BCUT2D eigenvalue weighted by Crippen LogP contribution is 2.34. The van der Waals surface area contributed by atoms with E-state index in [0.717, 1.165) is 22.1 Å². The van der Waals surface area contributed by atoms with Gasteiger partial charge in [-0.3, -0.25) is 4.79 Å². The smallest absolute Gasteiger partial charge is 0.187 e. The number of ether oxygens (including phenoxy) is 2. The molecule has 3 rings (SSSR count). The maximum absolute atomic E-state index is 11.5. The minimum atomic E-state index is 0. The lowest BCUT2D eigenvalue weighted by Gasteiger charge is -2.08. The van der Waals surface area contributed by atoms with E-state index in [4.69, 9.17) is 9.47 Å². The maximum Gasteiger partial charge on any atom is 0.187 e. The van der Waals surface area contributed by atoms with Gasteiger partial charge in [-0.25, -0.2) is 4.98 Å². The number of Topliss-reactive ketones (excluding diaryl/α,β-unsaturated/α-hetero) is 1. The van der Waals surface area contributed by atoms with Crippen LogP contribution in [-0.4, -0.2) is 25.0 Å². The zero-order valence-electron chi connectivity index (χ0n) is 14.6. The van der Waals surface area contributed by atoms with Gasteiger partial charge in [-0.15, -0.1) is 28.3 Å². The van der Waals surface area contributed by atoms with Gasteiger partial charge in [-0.05, 0) is 37.3 Å². The summed E-state index contributed by atoms with van der Waals surface area (Å²) in [4.78, 5) is 16.1. The van der Waals surface area contributed by atoms with Crippen LogP contribution in [0, 0.1) is 0 Å². The fraction of sp³-hybridized carbons (Fsp3) is 0.158.